The first-order valence-electron chi connectivity index (χ1n) is 5.11. The molecule has 3 rings (SSSR count). The number of fused-ring (bicyclic) bond motifs is 1. The predicted octanol–water partition coefficient (Wildman–Crippen LogP) is 4.00. The summed E-state index contributed by atoms with van der Waals surface area (Å²) in [4.78, 5) is 0. The summed E-state index contributed by atoms with van der Waals surface area (Å²) in [6.07, 6.45) is 5.93. The minimum absolute atomic E-state index is 0.996. The lowest BCUT2D eigenvalue weighted by molar-refractivity contribution is 0.597. The second kappa shape index (κ2) is 3.02. The van der Waals surface area contributed by atoms with E-state index >= 15 is 0 Å². The second-order valence-electron chi connectivity index (χ2n) is 3.77. The van der Waals surface area contributed by atoms with Gasteiger partial charge in [-0.05, 0) is 37.0 Å². The minimum Gasteiger partial charge on any atom is -0.456 e. The molecule has 0 amide bonds. The number of hydrogen-bond acceptors (Lipinski definition) is 1. The molecule has 1 aliphatic rings. The summed E-state index contributed by atoms with van der Waals surface area (Å²) in [5.41, 5.74) is 2.37. The van der Waals surface area contributed by atoms with E-state index in [9.17, 15) is 0 Å². The van der Waals surface area contributed by atoms with Crippen molar-refractivity contribution in [1.29, 1.82) is 0 Å². The van der Waals surface area contributed by atoms with Crippen LogP contribution in [-0.2, 0) is 0 Å². The van der Waals surface area contributed by atoms with Gasteiger partial charge in [0.05, 0.1) is 0 Å². The molecule has 1 heteroatoms. The van der Waals surface area contributed by atoms with Crippen molar-refractivity contribution in [2.75, 3.05) is 0 Å². The van der Waals surface area contributed by atoms with Crippen LogP contribution in [0.15, 0.2) is 40.8 Å². The van der Waals surface area contributed by atoms with Gasteiger partial charge in [-0.3, -0.25) is 0 Å². The average Bonchev–Trinajstić information content (AvgIpc) is 2.86. The Kier molecular flexibility index (Phi) is 1.69. The zero-order chi connectivity index (χ0) is 9.38. The largest absolute Gasteiger partial charge is 0.456 e. The maximum Gasteiger partial charge on any atom is 0.134 e. The third-order valence-corrected chi connectivity index (χ3v) is 2.78. The zero-order valence-corrected chi connectivity index (χ0v) is 7.99. The highest BCUT2D eigenvalue weighted by molar-refractivity contribution is 5.82. The van der Waals surface area contributed by atoms with Crippen LogP contribution in [0.2, 0.25) is 0 Å². The monoisotopic (exact) mass is 184 g/mol. The van der Waals surface area contributed by atoms with Crippen LogP contribution in [-0.4, -0.2) is 0 Å². The van der Waals surface area contributed by atoms with Crippen LogP contribution in [0.25, 0.3) is 16.5 Å². The molecule has 2 aromatic rings. The van der Waals surface area contributed by atoms with Gasteiger partial charge in [-0.2, -0.15) is 0 Å². The molecule has 0 aliphatic heterocycles. The fraction of sp³-hybridized carbons (Fsp3) is 0.231. The smallest absolute Gasteiger partial charge is 0.134 e. The van der Waals surface area contributed by atoms with E-state index in [2.05, 4.69) is 18.2 Å². The summed E-state index contributed by atoms with van der Waals surface area (Å²) < 4.78 is 5.78. The third kappa shape index (κ3) is 1.17. The molecule has 1 aromatic carbocycles. The summed E-state index contributed by atoms with van der Waals surface area (Å²) in [6.45, 7) is 0. The SMILES string of the molecule is C1=C(c2cc3ccccc3o2)CCC1. The van der Waals surface area contributed by atoms with E-state index in [-0.39, 0.29) is 0 Å². The van der Waals surface area contributed by atoms with Gasteiger partial charge in [-0.25, -0.2) is 0 Å². The Bertz CT molecular complexity index is 458. The van der Waals surface area contributed by atoms with Crippen LogP contribution in [0, 0.1) is 0 Å². The molecule has 0 bridgehead atoms. The Labute approximate surface area is 83.0 Å². The molecule has 0 radical (unpaired) electrons. The number of benzene rings is 1. The van der Waals surface area contributed by atoms with E-state index in [1.165, 1.54) is 30.2 Å². The van der Waals surface area contributed by atoms with Crippen LogP contribution < -0.4 is 0 Å². The average molecular weight is 184 g/mol. The first-order valence-corrected chi connectivity index (χ1v) is 5.11. The van der Waals surface area contributed by atoms with Crippen molar-refractivity contribution >= 4 is 16.5 Å². The molecule has 1 aromatic heterocycles. The van der Waals surface area contributed by atoms with Gasteiger partial charge in [-0.15, -0.1) is 0 Å². The molecular weight excluding hydrogens is 172 g/mol. The minimum atomic E-state index is 0.996. The maximum atomic E-state index is 5.78. The quantitative estimate of drug-likeness (QED) is 0.652. The molecular formula is C13H12O. The highest BCUT2D eigenvalue weighted by Crippen LogP contribution is 2.31. The van der Waals surface area contributed by atoms with E-state index in [0.717, 1.165) is 11.3 Å². The van der Waals surface area contributed by atoms with Crippen LogP contribution >= 0.6 is 0 Å². The van der Waals surface area contributed by atoms with Crippen LogP contribution in [0.4, 0.5) is 0 Å². The van der Waals surface area contributed by atoms with E-state index < -0.39 is 0 Å². The molecule has 0 spiro atoms. The third-order valence-electron chi connectivity index (χ3n) is 2.78. The van der Waals surface area contributed by atoms with Crippen molar-refractivity contribution in [3.63, 3.8) is 0 Å². The van der Waals surface area contributed by atoms with E-state index in [1.807, 2.05) is 18.2 Å². The van der Waals surface area contributed by atoms with Crippen molar-refractivity contribution in [2.45, 2.75) is 19.3 Å². The van der Waals surface area contributed by atoms with Crippen molar-refractivity contribution in [1.82, 2.24) is 0 Å². The summed E-state index contributed by atoms with van der Waals surface area (Å²) in [5.74, 6) is 1.06. The molecule has 0 saturated heterocycles. The van der Waals surface area contributed by atoms with Gasteiger partial charge in [0.15, 0.2) is 0 Å². The van der Waals surface area contributed by atoms with Crippen LogP contribution in [0.1, 0.15) is 25.0 Å². The van der Waals surface area contributed by atoms with Gasteiger partial charge in [0, 0.05) is 5.39 Å². The number of allylic oxidation sites excluding steroid dienone is 2. The normalized spacial score (nSPS) is 16.1. The lowest BCUT2D eigenvalue weighted by Gasteiger charge is -1.93. The fourth-order valence-electron chi connectivity index (χ4n) is 2.03. The molecule has 0 unspecified atom stereocenters. The Hall–Kier alpha value is -1.50. The molecule has 1 heterocycles. The van der Waals surface area contributed by atoms with Gasteiger partial charge in [0.2, 0.25) is 0 Å². The van der Waals surface area contributed by atoms with Crippen molar-refractivity contribution < 1.29 is 4.42 Å². The molecule has 1 aliphatic carbocycles. The summed E-state index contributed by atoms with van der Waals surface area (Å²) in [6, 6.07) is 10.3. The van der Waals surface area contributed by atoms with E-state index in [4.69, 9.17) is 4.42 Å². The fourth-order valence-corrected chi connectivity index (χ4v) is 2.03. The van der Waals surface area contributed by atoms with Gasteiger partial charge >= 0.3 is 0 Å². The Morgan fingerprint density at radius 2 is 2.07 bits per heavy atom. The molecule has 14 heavy (non-hydrogen) atoms. The van der Waals surface area contributed by atoms with Gasteiger partial charge in [0.1, 0.15) is 11.3 Å². The lowest BCUT2D eigenvalue weighted by atomic mass is 10.1. The van der Waals surface area contributed by atoms with Crippen molar-refractivity contribution in [3.8, 4) is 0 Å². The van der Waals surface area contributed by atoms with Crippen molar-refractivity contribution in [2.24, 2.45) is 0 Å². The van der Waals surface area contributed by atoms with Crippen molar-refractivity contribution in [3.05, 3.63) is 42.2 Å². The van der Waals surface area contributed by atoms with E-state index in [1.54, 1.807) is 0 Å². The van der Waals surface area contributed by atoms with Gasteiger partial charge in [0.25, 0.3) is 0 Å². The number of rotatable bonds is 1. The molecule has 0 fully saturated rings. The lowest BCUT2D eigenvalue weighted by Crippen LogP contribution is -1.72. The van der Waals surface area contributed by atoms with Crippen LogP contribution in [0.3, 0.4) is 0 Å². The predicted molar refractivity (Wildman–Crippen MR) is 58.0 cm³/mol. The highest BCUT2D eigenvalue weighted by Gasteiger charge is 2.11. The van der Waals surface area contributed by atoms with Gasteiger partial charge < -0.3 is 4.42 Å². The topological polar surface area (TPSA) is 13.1 Å². The maximum absolute atomic E-state index is 5.78. The standard InChI is InChI=1S/C13H12O/c1-2-6-10(5-1)13-9-11-7-3-4-8-12(11)14-13/h3-5,7-9H,1-2,6H2. The Morgan fingerprint density at radius 3 is 2.86 bits per heavy atom. The molecule has 70 valence electrons. The number of furan rings is 1. The Morgan fingerprint density at radius 1 is 1.14 bits per heavy atom. The first-order chi connectivity index (χ1) is 6.93. The Balaban J connectivity index is 2.14. The molecule has 1 nitrogen and oxygen atoms in total. The number of para-hydroxylation sites is 1. The van der Waals surface area contributed by atoms with Gasteiger partial charge in [-0.1, -0.05) is 24.3 Å². The highest BCUT2D eigenvalue weighted by atomic mass is 16.3. The zero-order valence-electron chi connectivity index (χ0n) is 7.99. The summed E-state index contributed by atoms with van der Waals surface area (Å²) in [5, 5.41) is 1.20. The summed E-state index contributed by atoms with van der Waals surface area (Å²) in [7, 11) is 0. The molecule has 0 atom stereocenters. The van der Waals surface area contributed by atoms with E-state index in [0.29, 0.717) is 0 Å². The number of hydrogen-bond donors (Lipinski definition) is 0. The second-order valence-corrected chi connectivity index (χ2v) is 3.77. The van der Waals surface area contributed by atoms with Crippen LogP contribution in [0.5, 0.6) is 0 Å². The summed E-state index contributed by atoms with van der Waals surface area (Å²) >= 11 is 0. The molecule has 0 N–H and O–H groups in total. The molecule has 0 saturated carbocycles. The first kappa shape index (κ1) is 7.86.